The molecular formula is C20H17F2N3O2. The highest BCUT2D eigenvalue weighted by Gasteiger charge is 2.23. The number of aromatic nitrogens is 2. The lowest BCUT2D eigenvalue weighted by molar-refractivity contribution is -0.118. The number of rotatable bonds is 4. The Labute approximate surface area is 154 Å². The molecule has 27 heavy (non-hydrogen) atoms. The number of anilines is 1. The molecular weight excluding hydrogens is 352 g/mol. The molecule has 0 fully saturated rings. The van der Waals surface area contributed by atoms with Crippen molar-refractivity contribution in [1.82, 2.24) is 10.1 Å². The molecule has 138 valence electrons. The molecule has 0 unspecified atom stereocenters. The number of amides is 1. The van der Waals surface area contributed by atoms with E-state index < -0.39 is 0 Å². The molecule has 2 heterocycles. The van der Waals surface area contributed by atoms with Crippen LogP contribution in [0.4, 0.5) is 14.5 Å². The Morgan fingerprint density at radius 2 is 1.89 bits per heavy atom. The Bertz CT molecular complexity index is 970. The third-order valence-electron chi connectivity index (χ3n) is 4.59. The fraction of sp³-hybridized carbons (Fsp3) is 0.250. The van der Waals surface area contributed by atoms with Crippen molar-refractivity contribution in [1.29, 1.82) is 0 Å². The number of hydrogen-bond acceptors (Lipinski definition) is 4. The van der Waals surface area contributed by atoms with Crippen LogP contribution in [0.2, 0.25) is 0 Å². The SMILES string of the molecule is O=C(CCc1nc(-c2ccc(F)cc2)no1)N1CCCc2ccc(F)cc21. The number of aryl methyl sites for hydroxylation is 2. The van der Waals surface area contributed by atoms with E-state index in [9.17, 15) is 13.6 Å². The summed E-state index contributed by atoms with van der Waals surface area (Å²) in [4.78, 5) is 18.5. The van der Waals surface area contributed by atoms with E-state index in [1.807, 2.05) is 0 Å². The lowest BCUT2D eigenvalue weighted by atomic mass is 10.0. The van der Waals surface area contributed by atoms with Crippen LogP contribution in [0.1, 0.15) is 24.3 Å². The summed E-state index contributed by atoms with van der Waals surface area (Å²) in [6.45, 7) is 0.569. The third-order valence-corrected chi connectivity index (χ3v) is 4.59. The first-order valence-corrected chi connectivity index (χ1v) is 8.77. The van der Waals surface area contributed by atoms with Crippen LogP contribution in [0, 0.1) is 11.6 Å². The minimum atomic E-state index is -0.353. The quantitative estimate of drug-likeness (QED) is 0.699. The number of carbonyl (C=O) groups excluding carboxylic acids is 1. The van der Waals surface area contributed by atoms with E-state index in [0.717, 1.165) is 18.4 Å². The Morgan fingerprint density at radius 1 is 1.11 bits per heavy atom. The maximum Gasteiger partial charge on any atom is 0.227 e. The Morgan fingerprint density at radius 3 is 2.70 bits per heavy atom. The summed E-state index contributed by atoms with van der Waals surface area (Å²) in [5, 5.41) is 3.87. The fourth-order valence-corrected chi connectivity index (χ4v) is 3.23. The second kappa shape index (κ2) is 7.26. The highest BCUT2D eigenvalue weighted by molar-refractivity contribution is 5.94. The number of fused-ring (bicyclic) bond motifs is 1. The van der Waals surface area contributed by atoms with Crippen LogP contribution < -0.4 is 4.90 Å². The fourth-order valence-electron chi connectivity index (χ4n) is 3.23. The molecule has 1 aliphatic rings. The molecule has 0 aliphatic carbocycles. The van der Waals surface area contributed by atoms with E-state index in [4.69, 9.17) is 4.52 Å². The smallest absolute Gasteiger partial charge is 0.227 e. The largest absolute Gasteiger partial charge is 0.339 e. The maximum absolute atomic E-state index is 13.6. The standard InChI is InChI=1S/C20H17F2N3O2/c21-15-6-4-14(5-7-15)20-23-18(27-24-20)9-10-19(26)25-11-1-2-13-3-8-16(22)12-17(13)25/h3-8,12H,1-2,9-11H2. The van der Waals surface area contributed by atoms with Gasteiger partial charge in [0.05, 0.1) is 0 Å². The van der Waals surface area contributed by atoms with Crippen LogP contribution in [0.3, 0.4) is 0 Å². The first-order valence-electron chi connectivity index (χ1n) is 8.77. The summed E-state index contributed by atoms with van der Waals surface area (Å²) in [7, 11) is 0. The van der Waals surface area contributed by atoms with Gasteiger partial charge in [-0.2, -0.15) is 4.98 Å². The number of nitrogens with zero attached hydrogens (tertiary/aromatic N) is 3. The summed E-state index contributed by atoms with van der Waals surface area (Å²) >= 11 is 0. The van der Waals surface area contributed by atoms with Crippen molar-refractivity contribution >= 4 is 11.6 Å². The molecule has 0 atom stereocenters. The van der Waals surface area contributed by atoms with Gasteiger partial charge in [-0.1, -0.05) is 11.2 Å². The van der Waals surface area contributed by atoms with E-state index >= 15 is 0 Å². The van der Waals surface area contributed by atoms with Gasteiger partial charge in [0.25, 0.3) is 0 Å². The van der Waals surface area contributed by atoms with E-state index in [2.05, 4.69) is 10.1 Å². The predicted molar refractivity (Wildman–Crippen MR) is 95.1 cm³/mol. The highest BCUT2D eigenvalue weighted by atomic mass is 19.1. The van der Waals surface area contributed by atoms with Crippen molar-refractivity contribution in [2.45, 2.75) is 25.7 Å². The normalized spacial score (nSPS) is 13.5. The zero-order chi connectivity index (χ0) is 18.8. The van der Waals surface area contributed by atoms with Gasteiger partial charge in [-0.15, -0.1) is 0 Å². The van der Waals surface area contributed by atoms with Gasteiger partial charge in [-0.3, -0.25) is 4.79 Å². The zero-order valence-electron chi connectivity index (χ0n) is 14.5. The second-order valence-electron chi connectivity index (χ2n) is 6.44. The van der Waals surface area contributed by atoms with E-state index in [-0.39, 0.29) is 30.4 Å². The Hall–Kier alpha value is -3.09. The second-order valence-corrected chi connectivity index (χ2v) is 6.44. The van der Waals surface area contributed by atoms with Crippen molar-refractivity contribution in [2.24, 2.45) is 0 Å². The average molecular weight is 369 g/mol. The number of carbonyl (C=O) groups is 1. The van der Waals surface area contributed by atoms with Gasteiger partial charge in [-0.05, 0) is 54.8 Å². The van der Waals surface area contributed by atoms with E-state index in [0.29, 0.717) is 29.5 Å². The van der Waals surface area contributed by atoms with Gasteiger partial charge >= 0.3 is 0 Å². The van der Waals surface area contributed by atoms with Crippen molar-refractivity contribution in [3.05, 3.63) is 65.6 Å². The molecule has 0 N–H and O–H groups in total. The lowest BCUT2D eigenvalue weighted by Gasteiger charge is -2.29. The molecule has 1 aliphatic heterocycles. The summed E-state index contributed by atoms with van der Waals surface area (Å²) < 4.78 is 31.8. The predicted octanol–water partition coefficient (Wildman–Crippen LogP) is 3.93. The summed E-state index contributed by atoms with van der Waals surface area (Å²) in [6.07, 6.45) is 2.15. The van der Waals surface area contributed by atoms with Gasteiger partial charge in [0.1, 0.15) is 11.6 Å². The molecule has 0 saturated heterocycles. The van der Waals surface area contributed by atoms with Crippen LogP contribution in [0.5, 0.6) is 0 Å². The van der Waals surface area contributed by atoms with Crippen molar-refractivity contribution in [2.75, 3.05) is 11.4 Å². The molecule has 4 rings (SSSR count). The molecule has 1 aromatic heterocycles. The summed E-state index contributed by atoms with van der Waals surface area (Å²) in [6, 6.07) is 10.3. The average Bonchev–Trinajstić information content (AvgIpc) is 3.15. The maximum atomic E-state index is 13.6. The van der Waals surface area contributed by atoms with Crippen molar-refractivity contribution < 1.29 is 18.1 Å². The van der Waals surface area contributed by atoms with Gasteiger partial charge in [0, 0.05) is 30.6 Å². The monoisotopic (exact) mass is 369 g/mol. The molecule has 1 amide bonds. The Kier molecular flexibility index (Phi) is 4.66. The molecule has 0 spiro atoms. The van der Waals surface area contributed by atoms with Gasteiger partial charge in [-0.25, -0.2) is 8.78 Å². The van der Waals surface area contributed by atoms with Crippen molar-refractivity contribution in [3.8, 4) is 11.4 Å². The molecule has 5 nitrogen and oxygen atoms in total. The molecule has 0 radical (unpaired) electrons. The number of halogens is 2. The van der Waals surface area contributed by atoms with E-state index in [1.54, 1.807) is 23.1 Å². The Balaban J connectivity index is 1.43. The van der Waals surface area contributed by atoms with Crippen LogP contribution >= 0.6 is 0 Å². The first kappa shape index (κ1) is 17.3. The minimum Gasteiger partial charge on any atom is -0.339 e. The van der Waals surface area contributed by atoms with Crippen LogP contribution in [0.25, 0.3) is 11.4 Å². The van der Waals surface area contributed by atoms with Crippen LogP contribution in [-0.4, -0.2) is 22.6 Å². The van der Waals surface area contributed by atoms with Crippen LogP contribution in [0.15, 0.2) is 47.0 Å². The van der Waals surface area contributed by atoms with Gasteiger partial charge < -0.3 is 9.42 Å². The summed E-state index contributed by atoms with van der Waals surface area (Å²) in [5.74, 6) is -0.120. The summed E-state index contributed by atoms with van der Waals surface area (Å²) in [5.41, 5.74) is 2.26. The lowest BCUT2D eigenvalue weighted by Crippen LogP contribution is -2.35. The number of benzene rings is 2. The molecule has 7 heteroatoms. The third kappa shape index (κ3) is 3.72. The van der Waals surface area contributed by atoms with E-state index in [1.165, 1.54) is 24.3 Å². The number of hydrogen-bond donors (Lipinski definition) is 0. The van der Waals surface area contributed by atoms with Gasteiger partial charge in [0.2, 0.25) is 17.6 Å². The topological polar surface area (TPSA) is 59.2 Å². The molecule has 0 saturated carbocycles. The molecule has 2 aromatic carbocycles. The zero-order valence-corrected chi connectivity index (χ0v) is 14.5. The van der Waals surface area contributed by atoms with Crippen molar-refractivity contribution in [3.63, 3.8) is 0 Å². The minimum absolute atomic E-state index is 0.108. The molecule has 3 aromatic rings. The molecule has 0 bridgehead atoms. The first-order chi connectivity index (χ1) is 13.1. The van der Waals surface area contributed by atoms with Crippen LogP contribution in [-0.2, 0) is 17.6 Å². The highest BCUT2D eigenvalue weighted by Crippen LogP contribution is 2.28. The van der Waals surface area contributed by atoms with Gasteiger partial charge in [0.15, 0.2) is 0 Å².